The third-order valence-electron chi connectivity index (χ3n) is 6.76. The van der Waals surface area contributed by atoms with Crippen LogP contribution in [0.3, 0.4) is 0 Å². The fraction of sp³-hybridized carbons (Fsp3) is 0.478. The normalized spacial score (nSPS) is 30.4. The zero-order valence-corrected chi connectivity index (χ0v) is 18.5. The van der Waals surface area contributed by atoms with Crippen LogP contribution in [0.1, 0.15) is 39.2 Å². The van der Waals surface area contributed by atoms with Crippen LogP contribution >= 0.6 is 11.6 Å². The Morgan fingerprint density at radius 1 is 1.03 bits per heavy atom. The highest BCUT2D eigenvalue weighted by Crippen LogP contribution is 2.71. The summed E-state index contributed by atoms with van der Waals surface area (Å²) in [5, 5.41) is -0.0612. The Morgan fingerprint density at radius 2 is 1.69 bits per heavy atom. The van der Waals surface area contributed by atoms with Gasteiger partial charge in [0, 0.05) is 11.3 Å². The van der Waals surface area contributed by atoms with Crippen LogP contribution < -0.4 is 4.74 Å². The number of hydrogen-bond donors (Lipinski definition) is 0. The van der Waals surface area contributed by atoms with Gasteiger partial charge in [0.2, 0.25) is 0 Å². The largest absolute Gasteiger partial charge is 0.485 e. The molecule has 4 nitrogen and oxygen atoms in total. The second kappa shape index (κ2) is 7.29. The molecule has 4 atom stereocenters. The van der Waals surface area contributed by atoms with Crippen molar-refractivity contribution in [1.82, 2.24) is 0 Å². The van der Waals surface area contributed by atoms with Gasteiger partial charge >= 0.3 is 0 Å². The van der Waals surface area contributed by atoms with Gasteiger partial charge in [0.15, 0.2) is 0 Å². The Balaban J connectivity index is 1.48. The Morgan fingerprint density at radius 3 is 2.34 bits per heavy atom. The Bertz CT molecular complexity index is 972. The van der Waals surface area contributed by atoms with E-state index in [4.69, 9.17) is 20.5 Å². The first kappa shape index (κ1) is 20.7. The molecule has 156 valence electrons. The van der Waals surface area contributed by atoms with Gasteiger partial charge in [-0.2, -0.15) is 8.42 Å². The van der Waals surface area contributed by atoms with Crippen molar-refractivity contribution in [2.45, 2.75) is 56.1 Å². The maximum absolute atomic E-state index is 12.5. The molecule has 2 aromatic rings. The minimum Gasteiger partial charge on any atom is -0.485 e. The molecule has 4 rings (SSSR count). The summed E-state index contributed by atoms with van der Waals surface area (Å²) in [7, 11) is -3.84. The van der Waals surface area contributed by atoms with E-state index in [2.05, 4.69) is 20.8 Å². The van der Waals surface area contributed by atoms with E-state index >= 15 is 0 Å². The molecule has 6 heteroatoms. The smallest absolute Gasteiger partial charge is 0.297 e. The first-order chi connectivity index (χ1) is 13.7. The third-order valence-corrected chi connectivity index (χ3v) is 8.79. The molecule has 0 amide bonds. The Kier molecular flexibility index (Phi) is 5.21. The number of rotatable bonds is 6. The summed E-state index contributed by atoms with van der Waals surface area (Å²) in [6.45, 7) is 6.60. The summed E-state index contributed by atoms with van der Waals surface area (Å²) in [4.78, 5) is 0.115. The van der Waals surface area contributed by atoms with Crippen molar-refractivity contribution in [3.63, 3.8) is 0 Å². The summed E-state index contributed by atoms with van der Waals surface area (Å²) in [6, 6.07) is 15.7. The van der Waals surface area contributed by atoms with E-state index in [1.807, 2.05) is 30.3 Å². The van der Waals surface area contributed by atoms with E-state index in [1.54, 1.807) is 12.1 Å². The third kappa shape index (κ3) is 3.47. The van der Waals surface area contributed by atoms with Crippen molar-refractivity contribution in [3.8, 4) is 5.75 Å². The van der Waals surface area contributed by atoms with Gasteiger partial charge in [-0.15, -0.1) is 11.6 Å². The molecule has 0 bridgehead atoms. The molecule has 0 N–H and O–H groups in total. The number of fused-ring (bicyclic) bond motifs is 1. The van der Waals surface area contributed by atoms with E-state index in [9.17, 15) is 8.42 Å². The van der Waals surface area contributed by atoms with Crippen LogP contribution in [0.25, 0.3) is 0 Å². The lowest BCUT2D eigenvalue weighted by Gasteiger charge is -2.34. The number of alkyl halides is 1. The van der Waals surface area contributed by atoms with Gasteiger partial charge in [-0.25, -0.2) is 0 Å². The average Bonchev–Trinajstić information content (AvgIpc) is 3.19. The fourth-order valence-corrected chi connectivity index (χ4v) is 6.40. The molecule has 2 aliphatic carbocycles. The predicted octanol–water partition coefficient (Wildman–Crippen LogP) is 5.40. The predicted molar refractivity (Wildman–Crippen MR) is 114 cm³/mol. The highest BCUT2D eigenvalue weighted by Gasteiger charge is 2.78. The number of hydrogen-bond acceptors (Lipinski definition) is 4. The highest BCUT2D eigenvalue weighted by atomic mass is 35.5. The van der Waals surface area contributed by atoms with Gasteiger partial charge in [0.25, 0.3) is 10.1 Å². The van der Waals surface area contributed by atoms with Crippen LogP contribution in [0.2, 0.25) is 0 Å². The van der Waals surface area contributed by atoms with Gasteiger partial charge in [0.05, 0.1) is 16.9 Å². The van der Waals surface area contributed by atoms with Crippen molar-refractivity contribution >= 4 is 21.7 Å². The van der Waals surface area contributed by atoms with Gasteiger partial charge in [-0.05, 0) is 48.6 Å². The number of benzene rings is 2. The van der Waals surface area contributed by atoms with Crippen LogP contribution in [0, 0.1) is 17.3 Å². The van der Waals surface area contributed by atoms with E-state index in [0.29, 0.717) is 17.6 Å². The molecule has 2 fully saturated rings. The molecule has 2 aliphatic rings. The number of halogens is 1. The molecular formula is C23H27ClO4S. The molecule has 2 aromatic carbocycles. The maximum Gasteiger partial charge on any atom is 0.297 e. The maximum atomic E-state index is 12.5. The molecule has 0 heterocycles. The van der Waals surface area contributed by atoms with Crippen molar-refractivity contribution in [3.05, 3.63) is 60.2 Å². The first-order valence-corrected chi connectivity index (χ1v) is 11.9. The fourth-order valence-electron chi connectivity index (χ4n) is 4.90. The molecule has 0 radical (unpaired) electrons. The quantitative estimate of drug-likeness (QED) is 0.451. The van der Waals surface area contributed by atoms with Gasteiger partial charge in [-0.3, -0.25) is 4.18 Å². The SMILES string of the molecule is CC1CCC2C(C)(C)C2(Oc2ccc(S(=O)(=O)OCc3ccccc3)cc2)C1Cl. The molecule has 29 heavy (non-hydrogen) atoms. The second-order valence-electron chi connectivity index (χ2n) is 8.80. The summed E-state index contributed by atoms with van der Waals surface area (Å²) in [5.41, 5.74) is 0.418. The average molecular weight is 435 g/mol. The molecule has 0 spiro atoms. The lowest BCUT2D eigenvalue weighted by Crippen LogP contribution is -2.42. The summed E-state index contributed by atoms with van der Waals surface area (Å²) in [5.74, 6) is 1.45. The Labute approximate surface area is 178 Å². The molecule has 0 aromatic heterocycles. The van der Waals surface area contributed by atoms with Crippen molar-refractivity contribution in [2.24, 2.45) is 17.3 Å². The van der Waals surface area contributed by atoms with Crippen LogP contribution in [-0.2, 0) is 20.9 Å². The van der Waals surface area contributed by atoms with Crippen molar-refractivity contribution in [2.75, 3.05) is 0 Å². The molecule has 0 saturated heterocycles. The van der Waals surface area contributed by atoms with Crippen LogP contribution in [0.5, 0.6) is 5.75 Å². The molecule has 2 saturated carbocycles. The standard InChI is InChI=1S/C23H27ClO4S/c1-16-9-14-20-22(2,3)23(20,21(16)24)28-18-10-12-19(13-11-18)29(25,26)27-15-17-7-5-4-6-8-17/h4-8,10-13,16,20-21H,9,14-15H2,1-3H3. The minimum atomic E-state index is -3.84. The van der Waals surface area contributed by atoms with E-state index < -0.39 is 15.7 Å². The van der Waals surface area contributed by atoms with Crippen molar-refractivity contribution in [1.29, 1.82) is 0 Å². The minimum absolute atomic E-state index is 0.00617. The lowest BCUT2D eigenvalue weighted by molar-refractivity contribution is 0.0897. The number of ether oxygens (including phenoxy) is 1. The van der Waals surface area contributed by atoms with E-state index in [1.165, 1.54) is 12.1 Å². The van der Waals surface area contributed by atoms with E-state index in [-0.39, 0.29) is 22.3 Å². The molecular weight excluding hydrogens is 408 g/mol. The summed E-state index contributed by atoms with van der Waals surface area (Å²) < 4.78 is 36.6. The second-order valence-corrected chi connectivity index (χ2v) is 10.9. The van der Waals surface area contributed by atoms with Crippen LogP contribution in [0.4, 0.5) is 0 Å². The van der Waals surface area contributed by atoms with Crippen molar-refractivity contribution < 1.29 is 17.3 Å². The van der Waals surface area contributed by atoms with Crippen LogP contribution in [-0.4, -0.2) is 19.4 Å². The summed E-state index contributed by atoms with van der Waals surface area (Å²) >= 11 is 6.81. The van der Waals surface area contributed by atoms with Crippen LogP contribution in [0.15, 0.2) is 59.5 Å². The lowest BCUT2D eigenvalue weighted by atomic mass is 9.87. The van der Waals surface area contributed by atoms with Gasteiger partial charge in [-0.1, -0.05) is 51.1 Å². The topological polar surface area (TPSA) is 52.6 Å². The van der Waals surface area contributed by atoms with E-state index in [0.717, 1.165) is 18.4 Å². The molecule has 4 unspecified atom stereocenters. The highest BCUT2D eigenvalue weighted by molar-refractivity contribution is 7.86. The Hall–Kier alpha value is -1.56. The zero-order valence-electron chi connectivity index (χ0n) is 17.0. The van der Waals surface area contributed by atoms with Gasteiger partial charge < -0.3 is 4.74 Å². The molecule has 0 aliphatic heterocycles. The monoisotopic (exact) mass is 434 g/mol. The van der Waals surface area contributed by atoms with Gasteiger partial charge in [0.1, 0.15) is 11.4 Å². The summed E-state index contributed by atoms with van der Waals surface area (Å²) in [6.07, 6.45) is 2.22. The zero-order chi connectivity index (χ0) is 20.9. The first-order valence-electron chi connectivity index (χ1n) is 10.0.